The molecule has 168 valence electrons. The van der Waals surface area contributed by atoms with Gasteiger partial charge in [0.15, 0.2) is 0 Å². The molecular formula is C23H27BrCl2N2O2S. The van der Waals surface area contributed by atoms with Gasteiger partial charge in [0.25, 0.3) is 0 Å². The van der Waals surface area contributed by atoms with Crippen molar-refractivity contribution in [2.24, 2.45) is 0 Å². The fraction of sp³-hybridized carbons (Fsp3) is 0.391. The molecule has 0 saturated heterocycles. The minimum absolute atomic E-state index is 0.00981. The van der Waals surface area contributed by atoms with E-state index in [9.17, 15) is 9.59 Å². The maximum atomic E-state index is 13.2. The number of rotatable bonds is 10. The van der Waals surface area contributed by atoms with Gasteiger partial charge in [-0.25, -0.2) is 0 Å². The van der Waals surface area contributed by atoms with E-state index in [1.165, 1.54) is 11.8 Å². The third-order valence-electron chi connectivity index (χ3n) is 4.58. The van der Waals surface area contributed by atoms with Crippen LogP contribution in [0.3, 0.4) is 0 Å². The van der Waals surface area contributed by atoms with Crippen molar-refractivity contribution < 1.29 is 9.59 Å². The number of nitrogens with one attached hydrogen (secondary N) is 1. The molecule has 31 heavy (non-hydrogen) atoms. The summed E-state index contributed by atoms with van der Waals surface area (Å²) in [4.78, 5) is 27.7. The van der Waals surface area contributed by atoms with Gasteiger partial charge in [0.05, 0.1) is 5.75 Å². The third-order valence-corrected chi connectivity index (χ3v) is 6.68. The Bertz CT molecular complexity index is 894. The largest absolute Gasteiger partial charge is 0.352 e. The van der Waals surface area contributed by atoms with Crippen molar-refractivity contribution in [2.45, 2.75) is 51.6 Å². The molecule has 0 aliphatic carbocycles. The minimum atomic E-state index is -0.574. The summed E-state index contributed by atoms with van der Waals surface area (Å²) in [5, 5.41) is 3.94. The molecule has 0 aliphatic rings. The number of nitrogens with zero attached hydrogens (tertiary/aromatic N) is 1. The van der Waals surface area contributed by atoms with Crippen molar-refractivity contribution in [1.82, 2.24) is 10.2 Å². The minimum Gasteiger partial charge on any atom is -0.352 e. The Kier molecular flexibility index (Phi) is 10.7. The Hall–Kier alpha value is -1.21. The van der Waals surface area contributed by atoms with Gasteiger partial charge in [0, 0.05) is 32.9 Å². The number of thioether (sulfide) groups is 1. The number of benzene rings is 2. The Morgan fingerprint density at radius 3 is 2.39 bits per heavy atom. The summed E-state index contributed by atoms with van der Waals surface area (Å²) < 4.78 is 1.02. The average Bonchev–Trinajstić information content (AvgIpc) is 2.70. The van der Waals surface area contributed by atoms with Crippen LogP contribution in [0.2, 0.25) is 10.0 Å². The highest BCUT2D eigenvalue weighted by atomic mass is 79.9. The molecule has 0 aromatic heterocycles. The Morgan fingerprint density at radius 2 is 1.81 bits per heavy atom. The maximum absolute atomic E-state index is 13.2. The highest BCUT2D eigenvalue weighted by Gasteiger charge is 2.29. The molecule has 1 atom stereocenters. The summed E-state index contributed by atoms with van der Waals surface area (Å²) >= 11 is 17.3. The van der Waals surface area contributed by atoms with Crippen LogP contribution in [-0.4, -0.2) is 34.6 Å². The predicted octanol–water partition coefficient (Wildman–Crippen LogP) is 6.32. The molecule has 2 rings (SSSR count). The first-order chi connectivity index (χ1) is 14.7. The van der Waals surface area contributed by atoms with Gasteiger partial charge in [-0.3, -0.25) is 9.59 Å². The van der Waals surface area contributed by atoms with Crippen LogP contribution >= 0.6 is 50.9 Å². The van der Waals surface area contributed by atoms with Gasteiger partial charge in [0.1, 0.15) is 6.04 Å². The molecular weight excluding hydrogens is 519 g/mol. The van der Waals surface area contributed by atoms with Crippen LogP contribution in [0.5, 0.6) is 0 Å². The van der Waals surface area contributed by atoms with Crippen LogP contribution < -0.4 is 5.32 Å². The number of carbonyl (C=O) groups is 2. The molecule has 0 fully saturated rings. The van der Waals surface area contributed by atoms with Crippen LogP contribution in [0, 0.1) is 0 Å². The molecule has 2 amide bonds. The number of hydrogen-bond acceptors (Lipinski definition) is 3. The Balaban J connectivity index is 2.16. The first-order valence-electron chi connectivity index (χ1n) is 10.1. The van der Waals surface area contributed by atoms with Gasteiger partial charge in [0.2, 0.25) is 11.8 Å². The van der Waals surface area contributed by atoms with Gasteiger partial charge < -0.3 is 10.2 Å². The number of halogens is 3. The molecule has 0 radical (unpaired) electrons. The second kappa shape index (κ2) is 12.7. The molecule has 1 unspecified atom stereocenters. The van der Waals surface area contributed by atoms with Crippen LogP contribution in [0.25, 0.3) is 0 Å². The SMILES string of the molecule is CCC(C(=O)NC(C)C)N(Cc1ccc(Cl)cc1Cl)C(=O)CSCc1ccc(Br)cc1. The first kappa shape index (κ1) is 26.0. The van der Waals surface area contributed by atoms with Crippen molar-refractivity contribution in [3.63, 3.8) is 0 Å². The molecule has 1 N–H and O–H groups in total. The summed E-state index contributed by atoms with van der Waals surface area (Å²) in [6, 6.07) is 12.6. The second-order valence-corrected chi connectivity index (χ2v) is 10.2. The summed E-state index contributed by atoms with van der Waals surface area (Å²) in [5.41, 5.74) is 1.89. The quantitative estimate of drug-likeness (QED) is 0.380. The summed E-state index contributed by atoms with van der Waals surface area (Å²) in [6.07, 6.45) is 0.507. The number of amides is 2. The van der Waals surface area contributed by atoms with E-state index >= 15 is 0 Å². The van der Waals surface area contributed by atoms with Crippen molar-refractivity contribution in [1.29, 1.82) is 0 Å². The van der Waals surface area contributed by atoms with E-state index in [-0.39, 0.29) is 30.2 Å². The lowest BCUT2D eigenvalue weighted by Crippen LogP contribution is -2.51. The lowest BCUT2D eigenvalue weighted by molar-refractivity contribution is -0.139. The van der Waals surface area contributed by atoms with Gasteiger partial charge in [-0.2, -0.15) is 0 Å². The zero-order valence-electron chi connectivity index (χ0n) is 17.8. The van der Waals surface area contributed by atoms with Crippen LogP contribution in [-0.2, 0) is 21.9 Å². The fourth-order valence-electron chi connectivity index (χ4n) is 3.05. The fourth-order valence-corrected chi connectivity index (χ4v) is 4.66. The molecule has 0 aliphatic heterocycles. The van der Waals surface area contributed by atoms with Crippen molar-refractivity contribution in [2.75, 3.05) is 5.75 Å². The Labute approximate surface area is 207 Å². The van der Waals surface area contributed by atoms with E-state index in [2.05, 4.69) is 21.2 Å². The van der Waals surface area contributed by atoms with Gasteiger partial charge >= 0.3 is 0 Å². The van der Waals surface area contributed by atoms with Crippen molar-refractivity contribution >= 4 is 62.7 Å². The van der Waals surface area contributed by atoms with Crippen LogP contribution in [0.15, 0.2) is 46.9 Å². The molecule has 4 nitrogen and oxygen atoms in total. The topological polar surface area (TPSA) is 49.4 Å². The predicted molar refractivity (Wildman–Crippen MR) is 135 cm³/mol. The maximum Gasteiger partial charge on any atom is 0.243 e. The molecule has 0 saturated carbocycles. The van der Waals surface area contributed by atoms with Crippen LogP contribution in [0.4, 0.5) is 0 Å². The van der Waals surface area contributed by atoms with Crippen LogP contribution in [0.1, 0.15) is 38.3 Å². The van der Waals surface area contributed by atoms with Gasteiger partial charge in [-0.1, -0.05) is 64.3 Å². The monoisotopic (exact) mass is 544 g/mol. The highest BCUT2D eigenvalue weighted by molar-refractivity contribution is 9.10. The lowest BCUT2D eigenvalue weighted by atomic mass is 10.1. The van der Waals surface area contributed by atoms with E-state index in [0.29, 0.717) is 22.2 Å². The smallest absolute Gasteiger partial charge is 0.243 e. The van der Waals surface area contributed by atoms with E-state index in [0.717, 1.165) is 15.6 Å². The van der Waals surface area contributed by atoms with E-state index in [4.69, 9.17) is 23.2 Å². The first-order valence-corrected chi connectivity index (χ1v) is 12.8. The molecule has 8 heteroatoms. The molecule has 2 aromatic carbocycles. The Morgan fingerprint density at radius 1 is 1.13 bits per heavy atom. The molecule has 0 bridgehead atoms. The van der Waals surface area contributed by atoms with E-state index in [1.807, 2.05) is 45.0 Å². The third kappa shape index (κ3) is 8.33. The highest BCUT2D eigenvalue weighted by Crippen LogP contribution is 2.24. The molecule has 0 heterocycles. The van der Waals surface area contributed by atoms with Gasteiger partial charge in [-0.15, -0.1) is 11.8 Å². The number of hydrogen-bond donors (Lipinski definition) is 1. The lowest BCUT2D eigenvalue weighted by Gasteiger charge is -2.31. The molecule has 0 spiro atoms. The zero-order valence-corrected chi connectivity index (χ0v) is 21.7. The normalized spacial score (nSPS) is 12.0. The molecule has 2 aromatic rings. The number of carbonyl (C=O) groups excluding carboxylic acids is 2. The van der Waals surface area contributed by atoms with E-state index in [1.54, 1.807) is 23.1 Å². The standard InChI is InChI=1S/C23H27BrCl2N2O2S/c1-4-21(23(30)27-15(2)3)28(12-17-7-10-19(25)11-20(17)26)22(29)14-31-13-16-5-8-18(24)9-6-16/h5-11,15,21H,4,12-14H2,1-3H3,(H,27,30). The van der Waals surface area contributed by atoms with Crippen molar-refractivity contribution in [3.8, 4) is 0 Å². The summed E-state index contributed by atoms with van der Waals surface area (Å²) in [5.74, 6) is 0.726. The summed E-state index contributed by atoms with van der Waals surface area (Å²) in [7, 11) is 0. The summed E-state index contributed by atoms with van der Waals surface area (Å²) in [6.45, 7) is 5.96. The van der Waals surface area contributed by atoms with Crippen molar-refractivity contribution in [3.05, 3.63) is 68.1 Å². The van der Waals surface area contributed by atoms with Gasteiger partial charge in [-0.05, 0) is 55.7 Å². The average molecular weight is 546 g/mol. The van der Waals surface area contributed by atoms with E-state index < -0.39 is 6.04 Å². The second-order valence-electron chi connectivity index (χ2n) is 7.46. The zero-order chi connectivity index (χ0) is 23.0.